The molecule has 0 radical (unpaired) electrons. The fourth-order valence-electron chi connectivity index (χ4n) is 3.87. The van der Waals surface area contributed by atoms with Crippen LogP contribution in [0.1, 0.15) is 33.0 Å². The quantitative estimate of drug-likeness (QED) is 0.271. The van der Waals surface area contributed by atoms with Crippen molar-refractivity contribution < 1.29 is 13.6 Å². The van der Waals surface area contributed by atoms with Gasteiger partial charge in [0.25, 0.3) is 0 Å². The highest BCUT2D eigenvalue weighted by atomic mass is 35.5. The summed E-state index contributed by atoms with van der Waals surface area (Å²) in [5.74, 6) is -1.88. The third-order valence-electron chi connectivity index (χ3n) is 5.48. The molecule has 0 bridgehead atoms. The number of thiazole rings is 1. The highest BCUT2D eigenvalue weighted by Gasteiger charge is 2.24. The number of rotatable bonds is 4. The lowest BCUT2D eigenvalue weighted by atomic mass is 10.0. The Hall–Kier alpha value is -2.32. The molecule has 2 aromatic carbocycles. The third-order valence-corrected chi connectivity index (χ3v) is 7.39. The number of aryl methyl sites for hydroxylation is 2. The molecule has 0 saturated heterocycles. The van der Waals surface area contributed by atoms with Crippen molar-refractivity contribution in [3.05, 3.63) is 86.5 Å². The molecule has 0 spiro atoms. The summed E-state index contributed by atoms with van der Waals surface area (Å²) in [6.45, 7) is 0. The van der Waals surface area contributed by atoms with Crippen LogP contribution >= 0.6 is 46.9 Å². The molecule has 10 heteroatoms. The van der Waals surface area contributed by atoms with Gasteiger partial charge in [-0.1, -0.05) is 35.3 Å². The molecular formula is C23H16Cl3F2N3OS. The number of halogens is 5. The van der Waals surface area contributed by atoms with Crippen molar-refractivity contribution in [3.8, 4) is 16.1 Å². The van der Waals surface area contributed by atoms with Gasteiger partial charge in [0.05, 0.1) is 10.6 Å². The van der Waals surface area contributed by atoms with E-state index < -0.39 is 17.4 Å². The van der Waals surface area contributed by atoms with Crippen LogP contribution in [-0.2, 0) is 19.3 Å². The molecule has 0 aliphatic heterocycles. The number of imidazole rings is 1. The minimum absolute atomic E-state index is 0. The molecule has 0 unspecified atom stereocenters. The number of hydrogen-bond acceptors (Lipinski definition) is 4. The molecule has 170 valence electrons. The van der Waals surface area contributed by atoms with E-state index in [4.69, 9.17) is 23.2 Å². The third kappa shape index (κ3) is 4.43. The van der Waals surface area contributed by atoms with Gasteiger partial charge < -0.3 is 0 Å². The van der Waals surface area contributed by atoms with E-state index in [0.29, 0.717) is 5.15 Å². The van der Waals surface area contributed by atoms with E-state index in [2.05, 4.69) is 9.97 Å². The summed E-state index contributed by atoms with van der Waals surface area (Å²) < 4.78 is 29.7. The van der Waals surface area contributed by atoms with Crippen molar-refractivity contribution in [3.63, 3.8) is 0 Å². The van der Waals surface area contributed by atoms with E-state index in [0.717, 1.165) is 58.8 Å². The number of ketones is 1. The molecule has 0 N–H and O–H groups in total. The van der Waals surface area contributed by atoms with Crippen LogP contribution in [-0.4, -0.2) is 20.3 Å². The van der Waals surface area contributed by atoms with Crippen LogP contribution in [0.4, 0.5) is 8.78 Å². The van der Waals surface area contributed by atoms with Gasteiger partial charge in [-0.25, -0.2) is 18.7 Å². The minimum atomic E-state index is -0.734. The maximum atomic E-state index is 14.0. The van der Waals surface area contributed by atoms with Crippen LogP contribution < -0.4 is 0 Å². The average molecular weight is 527 g/mol. The number of carbonyl (C=O) groups is 1. The molecule has 5 rings (SSSR count). The zero-order chi connectivity index (χ0) is 22.4. The van der Waals surface area contributed by atoms with Crippen molar-refractivity contribution in [2.75, 3.05) is 0 Å². The predicted octanol–water partition coefficient (Wildman–Crippen LogP) is 6.92. The predicted molar refractivity (Wildman–Crippen MR) is 128 cm³/mol. The average Bonchev–Trinajstić information content (AvgIpc) is 3.30. The van der Waals surface area contributed by atoms with Gasteiger partial charge in [-0.3, -0.25) is 9.36 Å². The van der Waals surface area contributed by atoms with E-state index >= 15 is 0 Å². The fourth-order valence-corrected chi connectivity index (χ4v) is 5.30. The second-order valence-corrected chi connectivity index (χ2v) is 9.20. The highest BCUT2D eigenvalue weighted by Crippen LogP contribution is 2.39. The molecule has 2 aromatic heterocycles. The first-order valence-corrected chi connectivity index (χ1v) is 11.5. The Balaban J connectivity index is 0.00000259. The van der Waals surface area contributed by atoms with Gasteiger partial charge in [-0.15, -0.1) is 23.7 Å². The standard InChI is InChI=1S/C23H15Cl2F2N3OS.ClH/c24-21-22(25)30(11-28-21)13-8-7-12-3-1-6-18-20(14(12)9-13)32-23(29-18)19(31)10-15-16(26)4-2-5-17(15)27;/h2,4-5,7-9,11H,1,3,6,10H2;1H. The van der Waals surface area contributed by atoms with E-state index in [9.17, 15) is 13.6 Å². The van der Waals surface area contributed by atoms with Crippen LogP contribution in [0.2, 0.25) is 10.3 Å². The maximum Gasteiger partial charge on any atom is 0.195 e. The van der Waals surface area contributed by atoms with Gasteiger partial charge in [-0.05, 0) is 54.7 Å². The fraction of sp³-hybridized carbons (Fsp3) is 0.174. The first-order valence-electron chi connectivity index (χ1n) is 9.90. The highest BCUT2D eigenvalue weighted by molar-refractivity contribution is 7.17. The van der Waals surface area contributed by atoms with Crippen molar-refractivity contribution in [1.29, 1.82) is 0 Å². The number of Topliss-reactive ketones (excluding diaryl/α,β-unsaturated/α-hetero) is 1. The molecule has 1 aliphatic carbocycles. The second-order valence-electron chi connectivity index (χ2n) is 7.49. The minimum Gasteiger partial charge on any atom is -0.291 e. The van der Waals surface area contributed by atoms with Crippen LogP contribution in [0.3, 0.4) is 0 Å². The van der Waals surface area contributed by atoms with E-state index in [1.807, 2.05) is 18.2 Å². The van der Waals surface area contributed by atoms with Gasteiger partial charge in [0.2, 0.25) is 0 Å². The topological polar surface area (TPSA) is 47.8 Å². The largest absolute Gasteiger partial charge is 0.291 e. The maximum absolute atomic E-state index is 14.0. The molecule has 1 aliphatic rings. The number of benzene rings is 2. The zero-order valence-corrected chi connectivity index (χ0v) is 20.1. The summed E-state index contributed by atoms with van der Waals surface area (Å²) in [7, 11) is 0. The van der Waals surface area contributed by atoms with E-state index in [1.54, 1.807) is 10.9 Å². The first-order chi connectivity index (χ1) is 15.4. The van der Waals surface area contributed by atoms with Gasteiger partial charge in [0.15, 0.2) is 21.1 Å². The summed E-state index contributed by atoms with van der Waals surface area (Å²) in [6.07, 6.45) is 3.65. The van der Waals surface area contributed by atoms with Gasteiger partial charge >= 0.3 is 0 Å². The molecule has 0 saturated carbocycles. The second kappa shape index (κ2) is 9.50. The van der Waals surface area contributed by atoms with Crippen molar-refractivity contribution in [2.24, 2.45) is 0 Å². The summed E-state index contributed by atoms with van der Waals surface area (Å²) in [4.78, 5) is 22.3. The Bertz CT molecular complexity index is 1350. The molecule has 33 heavy (non-hydrogen) atoms. The van der Waals surface area contributed by atoms with Gasteiger partial charge in [-0.2, -0.15) is 0 Å². The number of nitrogens with zero attached hydrogens (tertiary/aromatic N) is 3. The van der Waals surface area contributed by atoms with Crippen molar-refractivity contribution in [1.82, 2.24) is 14.5 Å². The van der Waals surface area contributed by atoms with Gasteiger partial charge in [0, 0.05) is 17.7 Å². The number of aromatic nitrogens is 3. The Kier molecular flexibility index (Phi) is 6.86. The lowest BCUT2D eigenvalue weighted by molar-refractivity contribution is 0.0990. The Labute approximate surface area is 208 Å². The Morgan fingerprint density at radius 3 is 2.58 bits per heavy atom. The zero-order valence-electron chi connectivity index (χ0n) is 16.9. The molecule has 4 nitrogen and oxygen atoms in total. The summed E-state index contributed by atoms with van der Waals surface area (Å²) in [6, 6.07) is 9.52. The smallest absolute Gasteiger partial charge is 0.195 e. The number of carbonyl (C=O) groups excluding carboxylic acids is 1. The Morgan fingerprint density at radius 1 is 1.12 bits per heavy atom. The SMILES string of the molecule is Cl.O=C(Cc1c(F)cccc1F)c1nc2c(s1)-c1cc(-n3cnc(Cl)c3Cl)ccc1CCC2. The lowest BCUT2D eigenvalue weighted by Crippen LogP contribution is -2.07. The monoisotopic (exact) mass is 525 g/mol. The van der Waals surface area contributed by atoms with Crippen LogP contribution in [0, 0.1) is 11.6 Å². The molecule has 0 fully saturated rings. The summed E-state index contributed by atoms with van der Waals surface area (Å²) in [5, 5.41) is 0.778. The normalized spacial score (nSPS) is 12.5. The van der Waals surface area contributed by atoms with Crippen LogP contribution in [0.15, 0.2) is 42.7 Å². The summed E-state index contributed by atoms with van der Waals surface area (Å²) in [5.41, 5.74) is 3.47. The van der Waals surface area contributed by atoms with Gasteiger partial charge in [0.1, 0.15) is 18.0 Å². The molecular weight excluding hydrogens is 511 g/mol. The lowest BCUT2D eigenvalue weighted by Gasteiger charge is -2.10. The molecule has 0 atom stereocenters. The van der Waals surface area contributed by atoms with Crippen molar-refractivity contribution >= 4 is 52.7 Å². The molecule has 0 amide bonds. The van der Waals surface area contributed by atoms with Crippen LogP contribution in [0.25, 0.3) is 16.1 Å². The summed E-state index contributed by atoms with van der Waals surface area (Å²) >= 11 is 13.5. The number of fused-ring (bicyclic) bond motifs is 3. The van der Waals surface area contributed by atoms with Crippen molar-refractivity contribution in [2.45, 2.75) is 25.7 Å². The number of hydrogen-bond donors (Lipinski definition) is 0. The van der Waals surface area contributed by atoms with E-state index in [-0.39, 0.29) is 34.6 Å². The van der Waals surface area contributed by atoms with Crippen LogP contribution in [0.5, 0.6) is 0 Å². The molecule has 2 heterocycles. The van der Waals surface area contributed by atoms with E-state index in [1.165, 1.54) is 17.4 Å². The molecule has 4 aromatic rings. The first kappa shape index (κ1) is 23.8. The Morgan fingerprint density at radius 2 is 1.88 bits per heavy atom.